The summed E-state index contributed by atoms with van der Waals surface area (Å²) in [6.07, 6.45) is 0. The Bertz CT molecular complexity index is 85.0. The van der Waals surface area contributed by atoms with Gasteiger partial charge < -0.3 is 10.6 Å². The fourth-order valence-corrected chi connectivity index (χ4v) is 0.388. The summed E-state index contributed by atoms with van der Waals surface area (Å²) < 4.78 is 0. The predicted molar refractivity (Wildman–Crippen MR) is 32.6 cm³/mol. The maximum Gasteiger partial charge on any atom is 0.314 e. The molecule has 0 spiro atoms. The molecular weight excluding hydrogens is 120 g/mol. The van der Waals surface area contributed by atoms with Crippen LogP contribution < -0.4 is 10.6 Å². The SMILES string of the molecule is CCNC(=O)NCC[O]. The van der Waals surface area contributed by atoms with Gasteiger partial charge in [-0.25, -0.2) is 9.90 Å². The first kappa shape index (κ1) is 8.23. The first-order chi connectivity index (χ1) is 4.31. The van der Waals surface area contributed by atoms with E-state index in [1.54, 1.807) is 0 Å². The van der Waals surface area contributed by atoms with Gasteiger partial charge >= 0.3 is 6.03 Å². The quantitative estimate of drug-likeness (QED) is 0.544. The summed E-state index contributed by atoms with van der Waals surface area (Å²) in [6.45, 7) is 2.34. The molecule has 0 atom stereocenters. The van der Waals surface area contributed by atoms with Crippen LogP contribution in [0.4, 0.5) is 4.79 Å². The van der Waals surface area contributed by atoms with E-state index in [9.17, 15) is 9.90 Å². The van der Waals surface area contributed by atoms with Crippen molar-refractivity contribution in [3.8, 4) is 0 Å². The molecule has 0 aliphatic rings. The normalized spacial score (nSPS) is 8.67. The molecule has 2 N–H and O–H groups in total. The maximum atomic E-state index is 10.4. The van der Waals surface area contributed by atoms with E-state index in [-0.39, 0.29) is 19.2 Å². The molecule has 0 fully saturated rings. The van der Waals surface area contributed by atoms with Crippen LogP contribution in [0.1, 0.15) is 6.92 Å². The summed E-state index contributed by atoms with van der Waals surface area (Å²) in [4.78, 5) is 10.4. The molecule has 9 heavy (non-hydrogen) atoms. The van der Waals surface area contributed by atoms with Crippen molar-refractivity contribution >= 4 is 6.03 Å². The Balaban J connectivity index is 3.06. The number of amides is 2. The van der Waals surface area contributed by atoms with Crippen LogP contribution in [0.15, 0.2) is 0 Å². The summed E-state index contributed by atoms with van der Waals surface area (Å²) in [5.74, 6) is 0. The zero-order chi connectivity index (χ0) is 7.11. The van der Waals surface area contributed by atoms with E-state index in [0.29, 0.717) is 6.54 Å². The fraction of sp³-hybridized carbons (Fsp3) is 0.800. The van der Waals surface area contributed by atoms with E-state index in [4.69, 9.17) is 0 Å². The monoisotopic (exact) mass is 131 g/mol. The minimum Gasteiger partial charge on any atom is -0.338 e. The van der Waals surface area contributed by atoms with Gasteiger partial charge in [0.15, 0.2) is 0 Å². The van der Waals surface area contributed by atoms with Crippen molar-refractivity contribution in [1.29, 1.82) is 0 Å². The minimum absolute atomic E-state index is 0.200. The zero-order valence-corrected chi connectivity index (χ0v) is 5.44. The number of hydrogen-bond donors (Lipinski definition) is 2. The highest BCUT2D eigenvalue weighted by molar-refractivity contribution is 5.73. The number of urea groups is 1. The molecule has 0 heterocycles. The lowest BCUT2D eigenvalue weighted by atomic mass is 10.6. The highest BCUT2D eigenvalue weighted by atomic mass is 16.3. The highest BCUT2D eigenvalue weighted by Crippen LogP contribution is 1.62. The third-order valence-electron chi connectivity index (χ3n) is 0.725. The van der Waals surface area contributed by atoms with Gasteiger partial charge in [-0.15, -0.1) is 0 Å². The van der Waals surface area contributed by atoms with Crippen molar-refractivity contribution in [2.75, 3.05) is 19.7 Å². The zero-order valence-electron chi connectivity index (χ0n) is 5.44. The molecule has 0 aliphatic carbocycles. The second kappa shape index (κ2) is 5.37. The Morgan fingerprint density at radius 3 is 2.56 bits per heavy atom. The molecule has 53 valence electrons. The summed E-state index contributed by atoms with van der Waals surface area (Å²) in [7, 11) is 0. The first-order valence-corrected chi connectivity index (χ1v) is 2.91. The molecule has 0 saturated heterocycles. The molecule has 2 amide bonds. The highest BCUT2D eigenvalue weighted by Gasteiger charge is 1.92. The number of carbonyl (C=O) groups is 1. The van der Waals surface area contributed by atoms with E-state index in [0.717, 1.165) is 0 Å². The van der Waals surface area contributed by atoms with Gasteiger partial charge in [0, 0.05) is 13.1 Å². The third kappa shape index (κ3) is 5.10. The molecule has 4 nitrogen and oxygen atoms in total. The van der Waals surface area contributed by atoms with Gasteiger partial charge in [0.05, 0.1) is 6.61 Å². The van der Waals surface area contributed by atoms with Crippen molar-refractivity contribution in [3.05, 3.63) is 0 Å². The van der Waals surface area contributed by atoms with E-state index in [1.807, 2.05) is 6.92 Å². The molecule has 4 heteroatoms. The van der Waals surface area contributed by atoms with Crippen molar-refractivity contribution in [2.24, 2.45) is 0 Å². The Morgan fingerprint density at radius 1 is 1.44 bits per heavy atom. The van der Waals surface area contributed by atoms with Crippen LogP contribution in [0.2, 0.25) is 0 Å². The number of rotatable bonds is 3. The van der Waals surface area contributed by atoms with Crippen LogP contribution in [0.25, 0.3) is 0 Å². The number of hydrogen-bond acceptors (Lipinski definition) is 1. The average molecular weight is 131 g/mol. The van der Waals surface area contributed by atoms with E-state index >= 15 is 0 Å². The molecule has 0 aromatic carbocycles. The van der Waals surface area contributed by atoms with Crippen molar-refractivity contribution in [1.82, 2.24) is 10.6 Å². The Kier molecular flexibility index (Phi) is 4.91. The Morgan fingerprint density at radius 2 is 2.11 bits per heavy atom. The van der Waals surface area contributed by atoms with Crippen molar-refractivity contribution in [2.45, 2.75) is 6.92 Å². The molecule has 0 rings (SSSR count). The van der Waals surface area contributed by atoms with Gasteiger partial charge in [-0.3, -0.25) is 0 Å². The van der Waals surface area contributed by atoms with Gasteiger partial charge in [-0.1, -0.05) is 0 Å². The smallest absolute Gasteiger partial charge is 0.314 e. The lowest BCUT2D eigenvalue weighted by Crippen LogP contribution is -2.36. The van der Waals surface area contributed by atoms with E-state index in [1.165, 1.54) is 0 Å². The van der Waals surface area contributed by atoms with Crippen molar-refractivity contribution in [3.63, 3.8) is 0 Å². The first-order valence-electron chi connectivity index (χ1n) is 2.91. The second-order valence-corrected chi connectivity index (χ2v) is 1.49. The van der Waals surface area contributed by atoms with Crippen LogP contribution >= 0.6 is 0 Å². The van der Waals surface area contributed by atoms with E-state index < -0.39 is 0 Å². The second-order valence-electron chi connectivity index (χ2n) is 1.49. The van der Waals surface area contributed by atoms with E-state index in [2.05, 4.69) is 10.6 Å². The van der Waals surface area contributed by atoms with Gasteiger partial charge in [0.25, 0.3) is 0 Å². The largest absolute Gasteiger partial charge is 0.338 e. The number of carbonyl (C=O) groups excluding carboxylic acids is 1. The molecular formula is C5H11N2O2. The molecule has 1 radical (unpaired) electrons. The van der Waals surface area contributed by atoms with Crippen LogP contribution in [0, 0.1) is 0 Å². The average Bonchev–Trinajstić information content (AvgIpc) is 1.85. The van der Waals surface area contributed by atoms with Gasteiger partial charge in [-0.05, 0) is 6.92 Å². The fourth-order valence-electron chi connectivity index (χ4n) is 0.388. The molecule has 0 aromatic heterocycles. The van der Waals surface area contributed by atoms with Crippen LogP contribution in [-0.4, -0.2) is 25.7 Å². The Hall–Kier alpha value is -0.770. The maximum absolute atomic E-state index is 10.4. The lowest BCUT2D eigenvalue weighted by molar-refractivity contribution is 0.191. The van der Waals surface area contributed by atoms with Crippen LogP contribution in [-0.2, 0) is 5.11 Å². The Labute approximate surface area is 54.3 Å². The molecule has 0 aromatic rings. The van der Waals surface area contributed by atoms with Crippen LogP contribution in [0.3, 0.4) is 0 Å². The van der Waals surface area contributed by atoms with Gasteiger partial charge in [-0.2, -0.15) is 0 Å². The summed E-state index contributed by atoms with van der Waals surface area (Å²) in [5.41, 5.74) is 0. The standard InChI is InChI=1S/C5H11N2O2/c1-2-6-5(9)7-3-4-8/h2-4H2,1H3,(H2,6,7,9). The minimum atomic E-state index is -0.270. The van der Waals surface area contributed by atoms with Gasteiger partial charge in [0.2, 0.25) is 0 Å². The lowest BCUT2D eigenvalue weighted by Gasteiger charge is -2.01. The summed E-state index contributed by atoms with van der Waals surface area (Å²) >= 11 is 0. The summed E-state index contributed by atoms with van der Waals surface area (Å²) in [6, 6.07) is -0.270. The number of nitrogens with one attached hydrogen (secondary N) is 2. The van der Waals surface area contributed by atoms with Crippen LogP contribution in [0.5, 0.6) is 0 Å². The van der Waals surface area contributed by atoms with Gasteiger partial charge in [0.1, 0.15) is 0 Å². The molecule has 0 bridgehead atoms. The molecule has 0 unspecified atom stereocenters. The summed E-state index contributed by atoms with van der Waals surface area (Å²) in [5, 5.41) is 14.7. The molecule has 0 saturated carbocycles. The predicted octanol–water partition coefficient (Wildman–Crippen LogP) is -0.264. The third-order valence-corrected chi connectivity index (χ3v) is 0.725. The topological polar surface area (TPSA) is 61.0 Å². The molecule has 0 aliphatic heterocycles. The van der Waals surface area contributed by atoms with Crippen molar-refractivity contribution < 1.29 is 9.90 Å².